The van der Waals surface area contributed by atoms with Crippen LogP contribution in [-0.2, 0) is 10.2 Å². The lowest BCUT2D eigenvalue weighted by Crippen LogP contribution is -2.13. The summed E-state index contributed by atoms with van der Waals surface area (Å²) in [7, 11) is 0. The van der Waals surface area contributed by atoms with Crippen molar-refractivity contribution in [2.24, 2.45) is 4.99 Å². The molecule has 1 rings (SSSR count). The number of terminal acetylenes is 1. The molecular weight excluding hydrogens is 186 g/mol. The van der Waals surface area contributed by atoms with Gasteiger partial charge in [-0.3, -0.25) is 0 Å². The summed E-state index contributed by atoms with van der Waals surface area (Å²) < 4.78 is 0. The van der Waals surface area contributed by atoms with Crippen molar-refractivity contribution in [2.45, 2.75) is 19.3 Å². The molecule has 0 aliphatic carbocycles. The van der Waals surface area contributed by atoms with Crippen LogP contribution in [0, 0.1) is 12.3 Å². The molecule has 0 aromatic carbocycles. The summed E-state index contributed by atoms with van der Waals surface area (Å²) in [5.74, 6) is 2.58. The second-order valence-corrected chi connectivity index (χ2v) is 3.82. The maximum Gasteiger partial charge on any atom is 0.242 e. The molecule has 5 heteroatoms. The normalized spacial score (nSPS) is 10.2. The molecule has 0 aliphatic rings. The summed E-state index contributed by atoms with van der Waals surface area (Å²) >= 11 is 1.20. The Labute approximate surface area is 79.7 Å². The van der Waals surface area contributed by atoms with Crippen LogP contribution in [0.15, 0.2) is 4.99 Å². The number of carbonyl (C=O) groups excluding carboxylic acids is 1. The van der Waals surface area contributed by atoms with Crippen LogP contribution < -0.4 is 0 Å². The molecule has 0 radical (unpaired) electrons. The number of nitrogens with zero attached hydrogens (tertiary/aromatic N) is 3. The van der Waals surface area contributed by atoms with E-state index in [1.54, 1.807) is 0 Å². The van der Waals surface area contributed by atoms with E-state index in [0.29, 0.717) is 5.01 Å². The van der Waals surface area contributed by atoms with Crippen LogP contribution in [-0.4, -0.2) is 16.3 Å². The van der Waals surface area contributed by atoms with Crippen molar-refractivity contribution >= 4 is 22.5 Å². The van der Waals surface area contributed by atoms with Crippen LogP contribution in [0.25, 0.3) is 0 Å². The van der Waals surface area contributed by atoms with E-state index in [4.69, 9.17) is 6.42 Å². The van der Waals surface area contributed by atoms with Gasteiger partial charge in [0, 0.05) is 0 Å². The average Bonchev–Trinajstić information content (AvgIpc) is 2.54. The van der Waals surface area contributed by atoms with Crippen LogP contribution >= 0.6 is 11.3 Å². The molecular formula is C8H7N3OS. The van der Waals surface area contributed by atoms with Gasteiger partial charge in [-0.15, -0.1) is 21.6 Å². The fourth-order valence-corrected chi connectivity index (χ4v) is 1.35. The molecule has 1 heterocycles. The lowest BCUT2D eigenvalue weighted by molar-refractivity contribution is 0.565. The van der Waals surface area contributed by atoms with Crippen molar-refractivity contribution in [3.05, 3.63) is 5.01 Å². The zero-order valence-electron chi connectivity index (χ0n) is 7.24. The summed E-state index contributed by atoms with van der Waals surface area (Å²) in [5, 5.41) is 8.45. The largest absolute Gasteiger partial charge is 0.242 e. The zero-order valence-corrected chi connectivity index (χ0v) is 8.05. The van der Waals surface area contributed by atoms with Crippen molar-refractivity contribution in [1.82, 2.24) is 10.2 Å². The highest BCUT2D eigenvalue weighted by Crippen LogP contribution is 2.28. The van der Waals surface area contributed by atoms with Gasteiger partial charge >= 0.3 is 0 Å². The van der Waals surface area contributed by atoms with Crippen LogP contribution in [0.4, 0.5) is 5.13 Å². The standard InChI is InChI=1S/C8H7N3OS/c1-4-8(2,3)6-10-11-7(13-6)9-5-12/h1H,2-3H3. The molecule has 0 N–H and O–H groups in total. The molecule has 0 saturated heterocycles. The van der Waals surface area contributed by atoms with Crippen molar-refractivity contribution in [3.8, 4) is 12.3 Å². The highest BCUT2D eigenvalue weighted by molar-refractivity contribution is 7.15. The maximum absolute atomic E-state index is 9.91. The monoisotopic (exact) mass is 193 g/mol. The Bertz CT molecular complexity index is 396. The van der Waals surface area contributed by atoms with E-state index in [9.17, 15) is 4.79 Å². The van der Waals surface area contributed by atoms with E-state index >= 15 is 0 Å². The molecule has 0 bridgehead atoms. The molecule has 0 fully saturated rings. The van der Waals surface area contributed by atoms with Gasteiger partial charge in [0.1, 0.15) is 5.01 Å². The number of hydrogen-bond donors (Lipinski definition) is 0. The average molecular weight is 193 g/mol. The molecule has 0 aliphatic heterocycles. The molecule has 0 atom stereocenters. The first kappa shape index (κ1) is 9.59. The molecule has 1 aromatic rings. The number of aromatic nitrogens is 2. The minimum atomic E-state index is -0.464. The first-order chi connectivity index (χ1) is 6.10. The third kappa shape index (κ3) is 2.00. The second-order valence-electron chi connectivity index (χ2n) is 2.86. The highest BCUT2D eigenvalue weighted by atomic mass is 32.1. The van der Waals surface area contributed by atoms with Crippen molar-refractivity contribution < 1.29 is 4.79 Å². The summed E-state index contributed by atoms with van der Waals surface area (Å²) in [4.78, 5) is 13.3. The lowest BCUT2D eigenvalue weighted by Gasteiger charge is -2.11. The van der Waals surface area contributed by atoms with Gasteiger partial charge in [0.05, 0.1) is 5.41 Å². The van der Waals surface area contributed by atoms with Crippen molar-refractivity contribution in [1.29, 1.82) is 0 Å². The number of rotatable bonds is 2. The molecule has 0 saturated carbocycles. The molecule has 0 amide bonds. The highest BCUT2D eigenvalue weighted by Gasteiger charge is 2.22. The SMILES string of the molecule is C#CC(C)(C)c1nnc(N=C=O)s1. The first-order valence-electron chi connectivity index (χ1n) is 3.50. The fraction of sp³-hybridized carbons (Fsp3) is 0.375. The Morgan fingerprint density at radius 3 is 2.77 bits per heavy atom. The molecule has 66 valence electrons. The van der Waals surface area contributed by atoms with E-state index in [-0.39, 0.29) is 5.13 Å². The Balaban J connectivity index is 3.06. The fourth-order valence-electron chi connectivity index (χ4n) is 0.614. The second kappa shape index (κ2) is 3.48. The van der Waals surface area contributed by atoms with E-state index in [2.05, 4.69) is 21.1 Å². The van der Waals surface area contributed by atoms with Crippen LogP contribution in [0.5, 0.6) is 0 Å². The molecule has 1 aromatic heterocycles. The zero-order chi connectivity index (χ0) is 9.90. The molecule has 4 nitrogen and oxygen atoms in total. The lowest BCUT2D eigenvalue weighted by atomic mass is 9.96. The van der Waals surface area contributed by atoms with Crippen LogP contribution in [0.3, 0.4) is 0 Å². The number of aliphatic imine (C=N–C) groups is 1. The smallest absolute Gasteiger partial charge is 0.211 e. The predicted molar refractivity (Wildman–Crippen MR) is 49.5 cm³/mol. The number of hydrogen-bond acceptors (Lipinski definition) is 5. The van der Waals surface area contributed by atoms with Gasteiger partial charge < -0.3 is 0 Å². The topological polar surface area (TPSA) is 55.2 Å². The summed E-state index contributed by atoms with van der Waals surface area (Å²) in [6.07, 6.45) is 6.70. The minimum absolute atomic E-state index is 0.285. The summed E-state index contributed by atoms with van der Waals surface area (Å²) in [6.45, 7) is 3.70. The first-order valence-corrected chi connectivity index (χ1v) is 4.31. The van der Waals surface area contributed by atoms with E-state index in [1.165, 1.54) is 17.4 Å². The quantitative estimate of drug-likeness (QED) is 0.405. The predicted octanol–water partition coefficient (Wildman–Crippen LogP) is 1.42. The summed E-state index contributed by atoms with van der Waals surface area (Å²) in [5.41, 5.74) is -0.464. The van der Waals surface area contributed by atoms with E-state index < -0.39 is 5.41 Å². The van der Waals surface area contributed by atoms with Gasteiger partial charge in [-0.05, 0) is 13.8 Å². The van der Waals surface area contributed by atoms with Gasteiger partial charge in [-0.25, -0.2) is 4.79 Å². The van der Waals surface area contributed by atoms with Crippen molar-refractivity contribution in [2.75, 3.05) is 0 Å². The summed E-state index contributed by atoms with van der Waals surface area (Å²) in [6, 6.07) is 0. The maximum atomic E-state index is 9.91. The van der Waals surface area contributed by atoms with Crippen molar-refractivity contribution in [3.63, 3.8) is 0 Å². The Morgan fingerprint density at radius 2 is 2.23 bits per heavy atom. The van der Waals surface area contributed by atoms with Gasteiger partial charge in [-0.2, -0.15) is 0 Å². The van der Waals surface area contributed by atoms with Gasteiger partial charge in [-0.1, -0.05) is 17.3 Å². The van der Waals surface area contributed by atoms with Gasteiger partial charge in [0.15, 0.2) is 0 Å². The molecule has 0 spiro atoms. The third-order valence-corrected chi connectivity index (χ3v) is 2.59. The number of isocyanates is 1. The van der Waals surface area contributed by atoms with Crippen LogP contribution in [0.1, 0.15) is 18.9 Å². The Hall–Kier alpha value is -1.50. The van der Waals surface area contributed by atoms with Gasteiger partial charge in [0.2, 0.25) is 11.2 Å². The van der Waals surface area contributed by atoms with Gasteiger partial charge in [0.25, 0.3) is 0 Å². The minimum Gasteiger partial charge on any atom is -0.211 e. The Kier molecular flexibility index (Phi) is 2.57. The Morgan fingerprint density at radius 1 is 1.54 bits per heavy atom. The van der Waals surface area contributed by atoms with Crippen LogP contribution in [0.2, 0.25) is 0 Å². The van der Waals surface area contributed by atoms with E-state index in [1.807, 2.05) is 13.8 Å². The van der Waals surface area contributed by atoms with E-state index in [0.717, 1.165) is 0 Å². The molecule has 0 unspecified atom stereocenters. The molecule has 13 heavy (non-hydrogen) atoms. The third-order valence-electron chi connectivity index (χ3n) is 1.45.